The molecular weight excluding hydrogens is 364 g/mol. The average molecular weight is 376 g/mol. The molecule has 0 heterocycles. The van der Waals surface area contributed by atoms with E-state index in [2.05, 4.69) is 5.32 Å². The van der Waals surface area contributed by atoms with E-state index < -0.39 is 39.2 Å². The van der Waals surface area contributed by atoms with E-state index in [1.165, 1.54) is 24.3 Å². The molecular formula is C20H12N2O6. The molecule has 0 saturated heterocycles. The fourth-order valence-corrected chi connectivity index (χ4v) is 3.26. The number of nitrogens with zero attached hydrogens (tertiary/aromatic N) is 1. The summed E-state index contributed by atoms with van der Waals surface area (Å²) >= 11 is 0. The Labute approximate surface area is 157 Å². The quantitative estimate of drug-likeness (QED) is 0.283. The molecule has 3 N–H and O–H groups in total. The summed E-state index contributed by atoms with van der Waals surface area (Å²) in [5.41, 5.74) is -1.56. The smallest absolute Gasteiger partial charge is 0.324 e. The first-order valence-corrected chi connectivity index (χ1v) is 8.18. The standard InChI is InChI=1S/C20H12N2O6/c23-14-8-4-7-11-15(14)20(26)16-12(18(11)24)9-13(19(25)17(16)22(27)28)21-10-5-2-1-3-6-10/h1-9,21,23,25H. The second kappa shape index (κ2) is 6.20. The van der Waals surface area contributed by atoms with Gasteiger partial charge in [-0.15, -0.1) is 0 Å². The summed E-state index contributed by atoms with van der Waals surface area (Å²) < 4.78 is 0. The summed E-state index contributed by atoms with van der Waals surface area (Å²) in [5.74, 6) is -2.77. The molecule has 0 aromatic heterocycles. The largest absolute Gasteiger partial charge is 0.507 e. The van der Waals surface area contributed by atoms with Crippen molar-refractivity contribution in [2.24, 2.45) is 0 Å². The summed E-state index contributed by atoms with van der Waals surface area (Å²) in [5, 5.41) is 34.9. The second-order valence-corrected chi connectivity index (χ2v) is 6.15. The molecule has 28 heavy (non-hydrogen) atoms. The highest BCUT2D eigenvalue weighted by Gasteiger charge is 2.40. The number of nitrogens with one attached hydrogen (secondary N) is 1. The third kappa shape index (κ3) is 2.47. The minimum atomic E-state index is -0.916. The van der Waals surface area contributed by atoms with E-state index in [1.807, 2.05) is 0 Å². The number of para-hydroxylation sites is 1. The molecule has 3 aromatic rings. The Bertz CT molecular complexity index is 1170. The van der Waals surface area contributed by atoms with Gasteiger partial charge in [0.1, 0.15) is 11.3 Å². The van der Waals surface area contributed by atoms with Crippen LogP contribution in [0.4, 0.5) is 17.1 Å². The SMILES string of the molecule is O=C1c2cccc(O)c2C(=O)c2c1cc(Nc1ccccc1)c(O)c2[N+](=O)[O-]. The molecule has 3 aromatic carbocycles. The number of carbonyl (C=O) groups is 2. The number of rotatable bonds is 3. The van der Waals surface area contributed by atoms with Crippen LogP contribution in [0.2, 0.25) is 0 Å². The van der Waals surface area contributed by atoms with Gasteiger partial charge in [-0.2, -0.15) is 0 Å². The lowest BCUT2D eigenvalue weighted by Gasteiger charge is -2.20. The molecule has 8 nitrogen and oxygen atoms in total. The Hall–Kier alpha value is -4.20. The van der Waals surface area contributed by atoms with Gasteiger partial charge in [0.15, 0.2) is 5.78 Å². The van der Waals surface area contributed by atoms with Crippen LogP contribution in [-0.2, 0) is 0 Å². The monoisotopic (exact) mass is 376 g/mol. The Kier molecular flexibility index (Phi) is 3.82. The maximum absolute atomic E-state index is 12.9. The predicted molar refractivity (Wildman–Crippen MR) is 99.5 cm³/mol. The van der Waals surface area contributed by atoms with Gasteiger partial charge < -0.3 is 15.5 Å². The number of anilines is 2. The van der Waals surface area contributed by atoms with E-state index >= 15 is 0 Å². The lowest BCUT2D eigenvalue weighted by molar-refractivity contribution is -0.386. The van der Waals surface area contributed by atoms with Crippen LogP contribution in [0, 0.1) is 10.1 Å². The molecule has 138 valence electrons. The van der Waals surface area contributed by atoms with Gasteiger partial charge in [-0.1, -0.05) is 30.3 Å². The van der Waals surface area contributed by atoms with Crippen LogP contribution in [-0.4, -0.2) is 26.7 Å². The van der Waals surface area contributed by atoms with Crippen LogP contribution >= 0.6 is 0 Å². The fourth-order valence-electron chi connectivity index (χ4n) is 3.26. The van der Waals surface area contributed by atoms with Crippen LogP contribution in [0.25, 0.3) is 0 Å². The van der Waals surface area contributed by atoms with Crippen LogP contribution in [0.5, 0.6) is 11.5 Å². The molecule has 0 atom stereocenters. The first kappa shape index (κ1) is 17.2. The summed E-state index contributed by atoms with van der Waals surface area (Å²) in [6, 6.07) is 13.7. The van der Waals surface area contributed by atoms with Crippen molar-refractivity contribution in [3.63, 3.8) is 0 Å². The number of phenolic OH excluding ortho intramolecular Hbond substituents is 2. The summed E-state index contributed by atoms with van der Waals surface area (Å²) in [4.78, 5) is 36.5. The van der Waals surface area contributed by atoms with Gasteiger partial charge in [0.2, 0.25) is 11.5 Å². The molecule has 0 fully saturated rings. The van der Waals surface area contributed by atoms with Gasteiger partial charge in [0, 0.05) is 16.8 Å². The summed E-state index contributed by atoms with van der Waals surface area (Å²) in [7, 11) is 0. The van der Waals surface area contributed by atoms with Crippen molar-refractivity contribution in [2.75, 3.05) is 5.32 Å². The number of nitro benzene ring substituents is 1. The van der Waals surface area contributed by atoms with Crippen LogP contribution < -0.4 is 5.32 Å². The summed E-state index contributed by atoms with van der Waals surface area (Å²) in [6.07, 6.45) is 0. The van der Waals surface area contributed by atoms with Gasteiger partial charge in [-0.25, -0.2) is 0 Å². The van der Waals surface area contributed by atoms with E-state index in [1.54, 1.807) is 30.3 Å². The topological polar surface area (TPSA) is 130 Å². The number of nitro groups is 1. The molecule has 1 aliphatic carbocycles. The van der Waals surface area contributed by atoms with Crippen molar-refractivity contribution in [1.29, 1.82) is 0 Å². The van der Waals surface area contributed by atoms with Crippen molar-refractivity contribution in [2.45, 2.75) is 0 Å². The molecule has 4 rings (SSSR count). The molecule has 0 unspecified atom stereocenters. The first-order chi connectivity index (χ1) is 13.4. The zero-order chi connectivity index (χ0) is 20.0. The Morgan fingerprint density at radius 2 is 1.57 bits per heavy atom. The van der Waals surface area contributed by atoms with Gasteiger partial charge in [-0.05, 0) is 24.3 Å². The van der Waals surface area contributed by atoms with Crippen molar-refractivity contribution < 1.29 is 24.7 Å². The van der Waals surface area contributed by atoms with Crippen molar-refractivity contribution in [3.8, 4) is 11.5 Å². The van der Waals surface area contributed by atoms with E-state index in [0.29, 0.717) is 5.69 Å². The fraction of sp³-hybridized carbons (Fsp3) is 0. The number of aromatic hydroxyl groups is 2. The molecule has 0 spiro atoms. The normalized spacial score (nSPS) is 12.3. The molecule has 0 amide bonds. The lowest BCUT2D eigenvalue weighted by atomic mass is 9.82. The Balaban J connectivity index is 1.98. The molecule has 1 aliphatic rings. The highest BCUT2D eigenvalue weighted by Crippen LogP contribution is 2.45. The maximum atomic E-state index is 12.9. The number of phenols is 2. The molecule has 0 saturated carbocycles. The minimum Gasteiger partial charge on any atom is -0.507 e. The highest BCUT2D eigenvalue weighted by molar-refractivity contribution is 6.31. The lowest BCUT2D eigenvalue weighted by Crippen LogP contribution is -2.22. The first-order valence-electron chi connectivity index (χ1n) is 8.18. The zero-order valence-electron chi connectivity index (χ0n) is 14.2. The second-order valence-electron chi connectivity index (χ2n) is 6.15. The number of carbonyl (C=O) groups excluding carboxylic acids is 2. The van der Waals surface area contributed by atoms with Crippen molar-refractivity contribution >= 4 is 28.6 Å². The number of hydrogen-bond acceptors (Lipinski definition) is 7. The van der Waals surface area contributed by atoms with E-state index in [-0.39, 0.29) is 22.4 Å². The number of benzene rings is 3. The molecule has 0 radical (unpaired) electrons. The minimum absolute atomic E-state index is 0.0526. The van der Waals surface area contributed by atoms with Crippen molar-refractivity contribution in [3.05, 3.63) is 87.0 Å². The number of hydrogen-bond donors (Lipinski definition) is 3. The van der Waals surface area contributed by atoms with E-state index in [9.17, 15) is 29.9 Å². The molecule has 0 aliphatic heterocycles. The highest BCUT2D eigenvalue weighted by atomic mass is 16.6. The maximum Gasteiger partial charge on any atom is 0.324 e. The van der Waals surface area contributed by atoms with E-state index in [4.69, 9.17) is 0 Å². The van der Waals surface area contributed by atoms with Crippen LogP contribution in [0.1, 0.15) is 31.8 Å². The number of fused-ring (bicyclic) bond motifs is 2. The predicted octanol–water partition coefficient (Wildman–Crippen LogP) is 3.53. The average Bonchev–Trinajstić information content (AvgIpc) is 2.67. The zero-order valence-corrected chi connectivity index (χ0v) is 14.2. The van der Waals surface area contributed by atoms with Gasteiger partial charge in [0.25, 0.3) is 0 Å². The number of ketones is 2. The third-order valence-corrected chi connectivity index (χ3v) is 4.50. The van der Waals surface area contributed by atoms with Gasteiger partial charge >= 0.3 is 5.69 Å². The molecule has 0 bridgehead atoms. The summed E-state index contributed by atoms with van der Waals surface area (Å²) in [6.45, 7) is 0. The van der Waals surface area contributed by atoms with Gasteiger partial charge in [0.05, 0.1) is 16.2 Å². The van der Waals surface area contributed by atoms with Crippen LogP contribution in [0.3, 0.4) is 0 Å². The van der Waals surface area contributed by atoms with E-state index in [0.717, 1.165) is 0 Å². The van der Waals surface area contributed by atoms with Crippen LogP contribution in [0.15, 0.2) is 54.6 Å². The van der Waals surface area contributed by atoms with Crippen molar-refractivity contribution in [1.82, 2.24) is 0 Å². The van der Waals surface area contributed by atoms with Gasteiger partial charge in [-0.3, -0.25) is 19.7 Å². The Morgan fingerprint density at radius 1 is 0.857 bits per heavy atom. The third-order valence-electron chi connectivity index (χ3n) is 4.50. The molecule has 8 heteroatoms. The Morgan fingerprint density at radius 3 is 2.25 bits per heavy atom.